The van der Waals surface area contributed by atoms with Crippen LogP contribution in [-0.2, 0) is 11.2 Å². The van der Waals surface area contributed by atoms with Gasteiger partial charge in [-0.2, -0.15) is 0 Å². The molecule has 88 valence electrons. The fraction of sp³-hybridized carbons (Fsp3) is 0.615. The monoisotopic (exact) mass is 220 g/mol. The fourth-order valence-electron chi connectivity index (χ4n) is 1.96. The number of hydrogen-bond donors (Lipinski definition) is 1. The van der Waals surface area contributed by atoms with E-state index in [0.717, 1.165) is 38.3 Å². The maximum absolute atomic E-state index is 5.72. The summed E-state index contributed by atoms with van der Waals surface area (Å²) in [5.74, 6) is 0. The molecule has 0 bridgehead atoms. The largest absolute Gasteiger partial charge is 0.380 e. The maximum Gasteiger partial charge on any atom is 0.0523 e. The topological polar surface area (TPSA) is 48.1 Å². The number of ether oxygens (including phenoxy) is 1. The Kier molecular flexibility index (Phi) is 3.91. The molecule has 3 nitrogen and oxygen atoms in total. The molecule has 0 radical (unpaired) electrons. The average Bonchev–Trinajstić information content (AvgIpc) is 3.07. The minimum Gasteiger partial charge on any atom is -0.380 e. The standard InChI is InChI=1S/C13H20N2O/c14-8-7-13(5-6-13)11-16-10-4-12-3-1-2-9-15-12/h1-3,9H,4-8,10-11,14H2. The number of rotatable bonds is 7. The number of pyridine rings is 1. The van der Waals surface area contributed by atoms with E-state index in [0.29, 0.717) is 5.41 Å². The van der Waals surface area contributed by atoms with E-state index in [1.165, 1.54) is 12.8 Å². The SMILES string of the molecule is NCCC1(COCCc2ccccn2)CC1. The van der Waals surface area contributed by atoms with Crippen molar-refractivity contribution >= 4 is 0 Å². The summed E-state index contributed by atoms with van der Waals surface area (Å²) < 4.78 is 5.72. The Morgan fingerprint density at radius 2 is 2.25 bits per heavy atom. The third-order valence-corrected chi connectivity index (χ3v) is 3.27. The van der Waals surface area contributed by atoms with Crippen LogP contribution in [-0.4, -0.2) is 24.7 Å². The third-order valence-electron chi connectivity index (χ3n) is 3.27. The Balaban J connectivity index is 1.62. The summed E-state index contributed by atoms with van der Waals surface area (Å²) in [6, 6.07) is 5.99. The molecule has 16 heavy (non-hydrogen) atoms. The van der Waals surface area contributed by atoms with Crippen molar-refractivity contribution in [3.05, 3.63) is 30.1 Å². The first-order valence-electron chi connectivity index (χ1n) is 6.02. The molecule has 2 rings (SSSR count). The number of hydrogen-bond acceptors (Lipinski definition) is 3. The first-order valence-corrected chi connectivity index (χ1v) is 6.02. The highest BCUT2D eigenvalue weighted by atomic mass is 16.5. The quantitative estimate of drug-likeness (QED) is 0.712. The zero-order chi connectivity index (χ0) is 11.3. The van der Waals surface area contributed by atoms with Crippen molar-refractivity contribution in [2.75, 3.05) is 19.8 Å². The summed E-state index contributed by atoms with van der Waals surface area (Å²) in [6.45, 7) is 2.42. The molecule has 1 aliphatic rings. The van der Waals surface area contributed by atoms with Gasteiger partial charge < -0.3 is 10.5 Å². The van der Waals surface area contributed by atoms with Crippen LogP contribution in [0.5, 0.6) is 0 Å². The predicted molar refractivity (Wildman–Crippen MR) is 64.1 cm³/mol. The molecule has 0 saturated heterocycles. The van der Waals surface area contributed by atoms with Crippen LogP contribution < -0.4 is 5.73 Å². The Bertz CT molecular complexity index is 309. The molecule has 1 saturated carbocycles. The fourth-order valence-corrected chi connectivity index (χ4v) is 1.96. The van der Waals surface area contributed by atoms with Crippen molar-refractivity contribution in [1.82, 2.24) is 4.98 Å². The normalized spacial score (nSPS) is 17.3. The van der Waals surface area contributed by atoms with Gasteiger partial charge in [-0.05, 0) is 43.4 Å². The molecule has 1 aromatic rings. The van der Waals surface area contributed by atoms with E-state index in [4.69, 9.17) is 10.5 Å². The van der Waals surface area contributed by atoms with Gasteiger partial charge in [0.25, 0.3) is 0 Å². The molecule has 1 heterocycles. The lowest BCUT2D eigenvalue weighted by Gasteiger charge is -2.13. The van der Waals surface area contributed by atoms with Gasteiger partial charge in [-0.3, -0.25) is 4.98 Å². The van der Waals surface area contributed by atoms with Crippen LogP contribution in [0.25, 0.3) is 0 Å². The van der Waals surface area contributed by atoms with Gasteiger partial charge in [0.05, 0.1) is 13.2 Å². The third kappa shape index (κ3) is 3.29. The first-order chi connectivity index (χ1) is 7.85. The molecule has 2 N–H and O–H groups in total. The van der Waals surface area contributed by atoms with Crippen molar-refractivity contribution in [3.63, 3.8) is 0 Å². The van der Waals surface area contributed by atoms with Crippen molar-refractivity contribution < 1.29 is 4.74 Å². The molecule has 1 aromatic heterocycles. The Morgan fingerprint density at radius 3 is 2.88 bits per heavy atom. The van der Waals surface area contributed by atoms with E-state index >= 15 is 0 Å². The second-order valence-corrected chi connectivity index (χ2v) is 4.66. The molecular weight excluding hydrogens is 200 g/mol. The highest BCUT2D eigenvalue weighted by Crippen LogP contribution is 2.48. The molecule has 0 aromatic carbocycles. The highest BCUT2D eigenvalue weighted by molar-refractivity contribution is 5.03. The average molecular weight is 220 g/mol. The van der Waals surface area contributed by atoms with Crippen LogP contribution in [0.15, 0.2) is 24.4 Å². The van der Waals surface area contributed by atoms with Gasteiger partial charge in [0.1, 0.15) is 0 Å². The lowest BCUT2D eigenvalue weighted by Crippen LogP contribution is -2.16. The van der Waals surface area contributed by atoms with Gasteiger partial charge in [-0.1, -0.05) is 6.07 Å². The molecule has 3 heteroatoms. The molecule has 0 spiro atoms. The van der Waals surface area contributed by atoms with Crippen molar-refractivity contribution in [2.45, 2.75) is 25.7 Å². The number of nitrogens with two attached hydrogens (primary N) is 1. The zero-order valence-electron chi connectivity index (χ0n) is 9.69. The van der Waals surface area contributed by atoms with Crippen LogP contribution in [0.4, 0.5) is 0 Å². The molecule has 0 aliphatic heterocycles. The molecule has 1 aliphatic carbocycles. The van der Waals surface area contributed by atoms with Crippen LogP contribution in [0.2, 0.25) is 0 Å². The van der Waals surface area contributed by atoms with Gasteiger partial charge in [0.2, 0.25) is 0 Å². The summed E-state index contributed by atoms with van der Waals surface area (Å²) in [5.41, 5.74) is 7.12. The molecule has 1 fully saturated rings. The summed E-state index contributed by atoms with van der Waals surface area (Å²) in [4.78, 5) is 4.26. The van der Waals surface area contributed by atoms with Crippen molar-refractivity contribution in [1.29, 1.82) is 0 Å². The molecule has 0 amide bonds. The Labute approximate surface area is 97.0 Å². The van der Waals surface area contributed by atoms with Gasteiger partial charge in [0, 0.05) is 18.3 Å². The van der Waals surface area contributed by atoms with E-state index in [-0.39, 0.29) is 0 Å². The number of aromatic nitrogens is 1. The van der Waals surface area contributed by atoms with Crippen molar-refractivity contribution in [3.8, 4) is 0 Å². The summed E-state index contributed by atoms with van der Waals surface area (Å²) in [5, 5.41) is 0. The van der Waals surface area contributed by atoms with E-state index in [9.17, 15) is 0 Å². The Hall–Kier alpha value is -0.930. The van der Waals surface area contributed by atoms with Gasteiger partial charge >= 0.3 is 0 Å². The van der Waals surface area contributed by atoms with E-state index in [1.807, 2.05) is 24.4 Å². The predicted octanol–water partition coefficient (Wildman–Crippen LogP) is 1.77. The summed E-state index contributed by atoms with van der Waals surface area (Å²) in [6.07, 6.45) is 6.41. The first kappa shape index (κ1) is 11.6. The zero-order valence-corrected chi connectivity index (χ0v) is 9.69. The second-order valence-electron chi connectivity index (χ2n) is 4.66. The molecule has 0 atom stereocenters. The lowest BCUT2D eigenvalue weighted by molar-refractivity contribution is 0.0895. The molecular formula is C13H20N2O. The van der Waals surface area contributed by atoms with E-state index in [2.05, 4.69) is 4.98 Å². The number of nitrogens with zero attached hydrogens (tertiary/aromatic N) is 1. The van der Waals surface area contributed by atoms with E-state index in [1.54, 1.807) is 0 Å². The van der Waals surface area contributed by atoms with Crippen molar-refractivity contribution in [2.24, 2.45) is 11.1 Å². The minimum atomic E-state index is 0.429. The smallest absolute Gasteiger partial charge is 0.0523 e. The minimum absolute atomic E-state index is 0.429. The van der Waals surface area contributed by atoms with Crippen LogP contribution in [0.3, 0.4) is 0 Å². The lowest BCUT2D eigenvalue weighted by atomic mass is 10.0. The Morgan fingerprint density at radius 1 is 1.38 bits per heavy atom. The van der Waals surface area contributed by atoms with Crippen LogP contribution >= 0.6 is 0 Å². The maximum atomic E-state index is 5.72. The van der Waals surface area contributed by atoms with Gasteiger partial charge in [-0.15, -0.1) is 0 Å². The molecule has 0 unspecified atom stereocenters. The van der Waals surface area contributed by atoms with Gasteiger partial charge in [0.15, 0.2) is 0 Å². The van der Waals surface area contributed by atoms with Crippen LogP contribution in [0, 0.1) is 5.41 Å². The summed E-state index contributed by atoms with van der Waals surface area (Å²) in [7, 11) is 0. The highest BCUT2D eigenvalue weighted by Gasteiger charge is 2.41. The second kappa shape index (κ2) is 5.41. The summed E-state index contributed by atoms with van der Waals surface area (Å²) >= 11 is 0. The van der Waals surface area contributed by atoms with Crippen LogP contribution in [0.1, 0.15) is 25.0 Å². The van der Waals surface area contributed by atoms with E-state index < -0.39 is 0 Å². The van der Waals surface area contributed by atoms with Gasteiger partial charge in [-0.25, -0.2) is 0 Å².